The molecule has 0 N–H and O–H groups in total. The van der Waals surface area contributed by atoms with Crippen LogP contribution in [-0.2, 0) is 17.7 Å². The topological polar surface area (TPSA) is 36.9 Å². The Kier molecular flexibility index (Phi) is 9.01. The van der Waals surface area contributed by atoms with E-state index in [0.29, 0.717) is 26.4 Å². The van der Waals surface area contributed by atoms with Gasteiger partial charge in [0, 0.05) is 32.1 Å². The summed E-state index contributed by atoms with van der Waals surface area (Å²) in [5, 5.41) is 0. The van der Waals surface area contributed by atoms with Crippen molar-refractivity contribution in [1.29, 1.82) is 0 Å². The molecule has 0 spiro atoms. The molecular formula is C12H28O4Si2. The van der Waals surface area contributed by atoms with Crippen molar-refractivity contribution in [3.63, 3.8) is 0 Å². The Balaban J connectivity index is 4.93. The second kappa shape index (κ2) is 9.00. The van der Waals surface area contributed by atoms with Gasteiger partial charge in [-0.15, -0.1) is 6.58 Å². The van der Waals surface area contributed by atoms with Gasteiger partial charge in [0.25, 0.3) is 0 Å². The van der Waals surface area contributed by atoms with Crippen LogP contribution in [0.4, 0.5) is 0 Å². The van der Waals surface area contributed by atoms with Crippen LogP contribution < -0.4 is 0 Å². The minimum atomic E-state index is -2.40. The highest BCUT2D eigenvalue weighted by molar-refractivity contribution is 6.88. The van der Waals surface area contributed by atoms with Gasteiger partial charge >= 0.3 is 17.1 Å². The third-order valence-corrected chi connectivity index (χ3v) is 11.1. The van der Waals surface area contributed by atoms with Crippen molar-refractivity contribution in [2.75, 3.05) is 26.4 Å². The average molecular weight is 293 g/mol. The minimum absolute atomic E-state index is 0.626. The summed E-state index contributed by atoms with van der Waals surface area (Å²) in [6.07, 6.45) is 0. The zero-order valence-electron chi connectivity index (χ0n) is 12.5. The average Bonchev–Trinajstić information content (AvgIpc) is 2.30. The molecule has 0 saturated heterocycles. The normalized spacial score (nSPS) is 12.7. The van der Waals surface area contributed by atoms with E-state index in [0.717, 1.165) is 5.67 Å². The van der Waals surface area contributed by atoms with E-state index in [1.54, 1.807) is 0 Å². The molecule has 0 aliphatic carbocycles. The van der Waals surface area contributed by atoms with Gasteiger partial charge in [0.1, 0.15) is 0 Å². The smallest absolute Gasteiger partial charge is 0.366 e. The second-order valence-electron chi connectivity index (χ2n) is 4.06. The first-order valence-electron chi connectivity index (χ1n) is 6.70. The summed E-state index contributed by atoms with van der Waals surface area (Å²) in [7, 11) is -4.64. The lowest BCUT2D eigenvalue weighted by atomic mass is 10.9. The molecule has 4 nitrogen and oxygen atoms in total. The molecule has 0 atom stereocenters. The largest absolute Gasteiger partial charge is 0.395 e. The molecule has 0 fully saturated rings. The molecule has 0 heterocycles. The fourth-order valence-electron chi connectivity index (χ4n) is 2.02. The lowest BCUT2D eigenvalue weighted by molar-refractivity contribution is 0.172. The molecule has 18 heavy (non-hydrogen) atoms. The Morgan fingerprint density at radius 2 is 1.22 bits per heavy atom. The van der Waals surface area contributed by atoms with Crippen molar-refractivity contribution in [3.8, 4) is 0 Å². The van der Waals surface area contributed by atoms with Crippen LogP contribution in [0.2, 0.25) is 12.2 Å². The van der Waals surface area contributed by atoms with E-state index in [2.05, 4.69) is 13.1 Å². The quantitative estimate of drug-likeness (QED) is 0.549. The Labute approximate surface area is 114 Å². The zero-order valence-corrected chi connectivity index (χ0v) is 14.5. The van der Waals surface area contributed by atoms with E-state index in [1.807, 2.05) is 33.4 Å². The molecule has 0 radical (unpaired) electrons. The van der Waals surface area contributed by atoms with Crippen molar-refractivity contribution >= 4 is 17.1 Å². The first-order valence-corrected chi connectivity index (χ1v) is 11.3. The summed E-state index contributed by atoms with van der Waals surface area (Å²) in [5.74, 6) is 0. The van der Waals surface area contributed by atoms with Gasteiger partial charge in [0.15, 0.2) is 0 Å². The van der Waals surface area contributed by atoms with Crippen molar-refractivity contribution in [2.24, 2.45) is 0 Å². The van der Waals surface area contributed by atoms with E-state index in [9.17, 15) is 0 Å². The van der Waals surface area contributed by atoms with Crippen LogP contribution in [0.3, 0.4) is 0 Å². The Morgan fingerprint density at radius 3 is 1.50 bits per heavy atom. The zero-order chi connectivity index (χ0) is 14.1. The maximum absolute atomic E-state index is 5.88. The van der Waals surface area contributed by atoms with Gasteiger partial charge < -0.3 is 17.7 Å². The molecule has 0 rings (SSSR count). The van der Waals surface area contributed by atoms with Crippen LogP contribution in [0.1, 0.15) is 27.7 Å². The molecule has 108 valence electrons. The van der Waals surface area contributed by atoms with E-state index in [-0.39, 0.29) is 0 Å². The summed E-state index contributed by atoms with van der Waals surface area (Å²) in [6, 6.07) is 0. The number of hydrogen-bond donors (Lipinski definition) is 0. The van der Waals surface area contributed by atoms with Gasteiger partial charge in [-0.1, -0.05) is 0 Å². The lowest BCUT2D eigenvalue weighted by Gasteiger charge is -2.34. The fraction of sp³-hybridized carbons (Fsp3) is 0.833. The van der Waals surface area contributed by atoms with Crippen LogP contribution in [0.15, 0.2) is 12.3 Å². The summed E-state index contributed by atoms with van der Waals surface area (Å²) in [6.45, 7) is 16.5. The molecule has 0 saturated carbocycles. The van der Waals surface area contributed by atoms with Crippen LogP contribution in [0.5, 0.6) is 0 Å². The monoisotopic (exact) mass is 292 g/mol. The highest BCUT2D eigenvalue weighted by Gasteiger charge is 2.46. The van der Waals surface area contributed by atoms with E-state index in [1.165, 1.54) is 0 Å². The van der Waals surface area contributed by atoms with Crippen molar-refractivity contribution in [3.05, 3.63) is 12.3 Å². The van der Waals surface area contributed by atoms with Crippen LogP contribution in [0.25, 0.3) is 0 Å². The maximum Gasteiger partial charge on any atom is 0.366 e. The first kappa shape index (κ1) is 18.0. The summed E-state index contributed by atoms with van der Waals surface area (Å²) in [5.41, 5.74) is 2.58. The summed E-state index contributed by atoms with van der Waals surface area (Å²) < 4.78 is 23.5. The molecule has 0 aromatic carbocycles. The van der Waals surface area contributed by atoms with Gasteiger partial charge in [-0.2, -0.15) is 0 Å². The van der Waals surface area contributed by atoms with Crippen molar-refractivity contribution in [2.45, 2.75) is 39.9 Å². The first-order chi connectivity index (χ1) is 8.51. The predicted molar refractivity (Wildman–Crippen MR) is 78.9 cm³/mol. The predicted octanol–water partition coefficient (Wildman–Crippen LogP) is 2.91. The summed E-state index contributed by atoms with van der Waals surface area (Å²) in [4.78, 5) is 0. The van der Waals surface area contributed by atoms with Gasteiger partial charge in [-0.05, 0) is 39.9 Å². The lowest BCUT2D eigenvalue weighted by Crippen LogP contribution is -2.52. The highest BCUT2D eigenvalue weighted by atomic mass is 28.4. The third kappa shape index (κ3) is 5.77. The molecule has 0 aliphatic heterocycles. The Morgan fingerprint density at radius 1 is 0.833 bits per heavy atom. The standard InChI is InChI=1S/C12H28O4Si2/c1-7-13-17(6,14-8-2)12-18(11-5,15-9-3)16-10-4/h11H,5,7-10,12H2,1-4,6H3. The molecular weight excluding hydrogens is 264 g/mol. The van der Waals surface area contributed by atoms with Gasteiger partial charge in [0.2, 0.25) is 0 Å². The molecule has 0 aromatic heterocycles. The van der Waals surface area contributed by atoms with E-state index < -0.39 is 17.1 Å². The molecule has 0 bridgehead atoms. The molecule has 0 unspecified atom stereocenters. The van der Waals surface area contributed by atoms with E-state index in [4.69, 9.17) is 17.7 Å². The van der Waals surface area contributed by atoms with Crippen LogP contribution >= 0.6 is 0 Å². The van der Waals surface area contributed by atoms with Crippen LogP contribution in [-0.4, -0.2) is 43.5 Å². The van der Waals surface area contributed by atoms with Crippen molar-refractivity contribution in [1.82, 2.24) is 0 Å². The minimum Gasteiger partial charge on any atom is -0.395 e. The van der Waals surface area contributed by atoms with Gasteiger partial charge in [-0.25, -0.2) is 0 Å². The molecule has 0 amide bonds. The fourth-order valence-corrected chi connectivity index (χ4v) is 10.4. The summed E-state index contributed by atoms with van der Waals surface area (Å²) >= 11 is 0. The number of hydrogen-bond acceptors (Lipinski definition) is 4. The number of rotatable bonds is 11. The molecule has 0 aliphatic rings. The third-order valence-electron chi connectivity index (χ3n) is 2.56. The maximum atomic E-state index is 5.88. The molecule has 0 aromatic rings. The van der Waals surface area contributed by atoms with E-state index >= 15 is 0 Å². The molecule has 6 heteroatoms. The van der Waals surface area contributed by atoms with Gasteiger partial charge in [-0.3, -0.25) is 0 Å². The highest BCUT2D eigenvalue weighted by Crippen LogP contribution is 2.25. The Hall–Kier alpha value is 0.0138. The van der Waals surface area contributed by atoms with Crippen LogP contribution in [0, 0.1) is 0 Å². The Bertz CT molecular complexity index is 224. The SMILES string of the molecule is C=C[Si](C[Si](C)(OCC)OCC)(OCC)OCC. The van der Waals surface area contributed by atoms with Crippen molar-refractivity contribution < 1.29 is 17.7 Å². The second-order valence-corrected chi connectivity index (χ2v) is 10.9. The van der Waals surface area contributed by atoms with Gasteiger partial charge in [0.05, 0.1) is 0 Å².